The molecule has 0 amide bonds. The molecule has 0 spiro atoms. The molecular weight excluding hydrogens is 240 g/mol. The van der Waals surface area contributed by atoms with E-state index >= 15 is 0 Å². The molecule has 1 unspecified atom stereocenters. The second-order valence-corrected chi connectivity index (χ2v) is 5.90. The van der Waals surface area contributed by atoms with Gasteiger partial charge >= 0.3 is 0 Å². The summed E-state index contributed by atoms with van der Waals surface area (Å²) in [6.45, 7) is 6.84. The molecule has 0 heterocycles. The van der Waals surface area contributed by atoms with Crippen molar-refractivity contribution in [1.82, 2.24) is 0 Å². The fourth-order valence-corrected chi connectivity index (χ4v) is 3.11. The minimum absolute atomic E-state index is 0.686. The van der Waals surface area contributed by atoms with Gasteiger partial charge in [0.05, 0.1) is 0 Å². The van der Waals surface area contributed by atoms with Crippen LogP contribution in [0.1, 0.15) is 37.0 Å². The van der Waals surface area contributed by atoms with Crippen molar-refractivity contribution in [3.05, 3.63) is 64.7 Å². The summed E-state index contributed by atoms with van der Waals surface area (Å²) in [6.07, 6.45) is 4.79. The molecule has 0 bridgehead atoms. The van der Waals surface area contributed by atoms with Crippen LogP contribution >= 0.6 is 0 Å². The average Bonchev–Trinajstić information content (AvgIpc) is 2.91. The zero-order valence-electron chi connectivity index (χ0n) is 12.6. The first kappa shape index (κ1) is 13.2. The zero-order valence-corrected chi connectivity index (χ0v) is 12.6. The Morgan fingerprint density at radius 1 is 1.05 bits per heavy atom. The second-order valence-electron chi connectivity index (χ2n) is 5.90. The average molecular weight is 262 g/mol. The molecule has 0 aliphatic heterocycles. The van der Waals surface area contributed by atoms with Gasteiger partial charge in [-0.1, -0.05) is 68.0 Å². The summed E-state index contributed by atoms with van der Waals surface area (Å²) < 4.78 is 0. The summed E-state index contributed by atoms with van der Waals surface area (Å²) in [4.78, 5) is 0. The van der Waals surface area contributed by atoms with Gasteiger partial charge in [0.25, 0.3) is 0 Å². The predicted octanol–water partition coefficient (Wildman–Crippen LogP) is 5.65. The van der Waals surface area contributed by atoms with Crippen molar-refractivity contribution >= 4 is 6.08 Å². The highest BCUT2D eigenvalue weighted by Gasteiger charge is 2.20. The van der Waals surface area contributed by atoms with E-state index in [0.29, 0.717) is 5.92 Å². The number of allylic oxidation sites excluding steroid dienone is 1. The highest BCUT2D eigenvalue weighted by atomic mass is 14.2. The summed E-state index contributed by atoms with van der Waals surface area (Å²) in [5.74, 6) is 0.686. The van der Waals surface area contributed by atoms with Gasteiger partial charge in [0.15, 0.2) is 0 Å². The van der Waals surface area contributed by atoms with Gasteiger partial charge in [0.1, 0.15) is 0 Å². The summed E-state index contributed by atoms with van der Waals surface area (Å²) in [5, 5.41) is 0. The molecule has 3 rings (SSSR count). The van der Waals surface area contributed by atoms with Crippen LogP contribution in [-0.4, -0.2) is 0 Å². The van der Waals surface area contributed by atoms with Crippen LogP contribution in [0, 0.1) is 12.8 Å². The lowest BCUT2D eigenvalue weighted by atomic mass is 9.93. The molecule has 0 saturated heterocycles. The molecule has 2 aromatic carbocycles. The van der Waals surface area contributed by atoms with Crippen LogP contribution in [0.15, 0.2) is 48.0 Å². The molecule has 0 saturated carbocycles. The Morgan fingerprint density at radius 2 is 1.80 bits per heavy atom. The lowest BCUT2D eigenvalue weighted by molar-refractivity contribution is 0.647. The van der Waals surface area contributed by atoms with Gasteiger partial charge in [-0.3, -0.25) is 0 Å². The monoisotopic (exact) mass is 262 g/mol. The predicted molar refractivity (Wildman–Crippen MR) is 87.8 cm³/mol. The van der Waals surface area contributed by atoms with Crippen molar-refractivity contribution in [1.29, 1.82) is 0 Å². The number of aryl methyl sites for hydroxylation is 1. The van der Waals surface area contributed by atoms with Crippen molar-refractivity contribution in [2.75, 3.05) is 0 Å². The molecule has 0 N–H and O–H groups in total. The summed E-state index contributed by atoms with van der Waals surface area (Å²) in [6, 6.07) is 15.4. The Morgan fingerprint density at radius 3 is 2.50 bits per heavy atom. The van der Waals surface area contributed by atoms with Crippen molar-refractivity contribution in [2.24, 2.45) is 5.92 Å². The molecule has 1 aliphatic rings. The topological polar surface area (TPSA) is 0 Å². The Kier molecular flexibility index (Phi) is 3.48. The summed E-state index contributed by atoms with van der Waals surface area (Å²) >= 11 is 0. The number of hydrogen-bond donors (Lipinski definition) is 0. The van der Waals surface area contributed by atoms with Gasteiger partial charge in [-0.15, -0.1) is 0 Å². The largest absolute Gasteiger partial charge is 0.0648 e. The van der Waals surface area contributed by atoms with E-state index in [9.17, 15) is 0 Å². The molecule has 0 nitrogen and oxygen atoms in total. The SMILES string of the molecule is CCC(C)C1=Cc2c(ccc(C)c2-c2ccccc2)C1. The van der Waals surface area contributed by atoms with E-state index in [1.807, 2.05) is 0 Å². The highest BCUT2D eigenvalue weighted by molar-refractivity contribution is 5.83. The molecule has 0 heteroatoms. The Hall–Kier alpha value is -1.82. The molecule has 1 atom stereocenters. The van der Waals surface area contributed by atoms with Gasteiger partial charge < -0.3 is 0 Å². The van der Waals surface area contributed by atoms with Gasteiger partial charge in [0, 0.05) is 0 Å². The normalized spacial score (nSPS) is 14.8. The first-order valence-corrected chi connectivity index (χ1v) is 7.59. The quantitative estimate of drug-likeness (QED) is 0.670. The van der Waals surface area contributed by atoms with Gasteiger partial charge in [0.2, 0.25) is 0 Å². The lowest BCUT2D eigenvalue weighted by Gasteiger charge is -2.11. The molecule has 20 heavy (non-hydrogen) atoms. The molecule has 2 aromatic rings. The molecule has 0 radical (unpaired) electrons. The van der Waals surface area contributed by atoms with Gasteiger partial charge in [-0.25, -0.2) is 0 Å². The van der Waals surface area contributed by atoms with Crippen molar-refractivity contribution < 1.29 is 0 Å². The molecule has 0 fully saturated rings. The Balaban J connectivity index is 2.14. The number of hydrogen-bond acceptors (Lipinski definition) is 0. The van der Waals surface area contributed by atoms with Gasteiger partial charge in [-0.05, 0) is 53.5 Å². The minimum atomic E-state index is 0.686. The van der Waals surface area contributed by atoms with Crippen molar-refractivity contribution in [2.45, 2.75) is 33.6 Å². The van der Waals surface area contributed by atoms with Crippen LogP contribution in [0.2, 0.25) is 0 Å². The van der Waals surface area contributed by atoms with Crippen LogP contribution in [0.4, 0.5) is 0 Å². The summed E-state index contributed by atoms with van der Waals surface area (Å²) in [7, 11) is 0. The third kappa shape index (κ3) is 2.20. The summed E-state index contributed by atoms with van der Waals surface area (Å²) in [5.41, 5.74) is 8.66. The minimum Gasteiger partial charge on any atom is -0.0648 e. The zero-order chi connectivity index (χ0) is 14.1. The lowest BCUT2D eigenvalue weighted by Crippen LogP contribution is -1.97. The fourth-order valence-electron chi connectivity index (χ4n) is 3.11. The Bertz CT molecular complexity index is 647. The standard InChI is InChI=1S/C20H22/c1-4-14(2)18-12-17-11-10-15(3)20(19(17)13-18)16-8-6-5-7-9-16/h5-11,13-14H,4,12H2,1-3H3. The van der Waals surface area contributed by atoms with E-state index in [2.05, 4.69) is 69.3 Å². The smallest absolute Gasteiger partial charge is 0.00549 e. The first-order chi connectivity index (χ1) is 9.70. The molecule has 1 aliphatic carbocycles. The van der Waals surface area contributed by atoms with Crippen LogP contribution in [0.3, 0.4) is 0 Å². The van der Waals surface area contributed by atoms with Crippen LogP contribution in [-0.2, 0) is 6.42 Å². The maximum Gasteiger partial charge on any atom is -0.00549 e. The van der Waals surface area contributed by atoms with Crippen LogP contribution < -0.4 is 0 Å². The number of benzene rings is 2. The first-order valence-electron chi connectivity index (χ1n) is 7.59. The van der Waals surface area contributed by atoms with E-state index in [1.54, 1.807) is 5.57 Å². The van der Waals surface area contributed by atoms with Crippen LogP contribution in [0.25, 0.3) is 17.2 Å². The van der Waals surface area contributed by atoms with Gasteiger partial charge in [-0.2, -0.15) is 0 Å². The van der Waals surface area contributed by atoms with Crippen molar-refractivity contribution in [3.8, 4) is 11.1 Å². The van der Waals surface area contributed by atoms with Crippen molar-refractivity contribution in [3.63, 3.8) is 0 Å². The molecular formula is C20H22. The maximum atomic E-state index is 2.44. The van der Waals surface area contributed by atoms with E-state index in [0.717, 1.165) is 6.42 Å². The second kappa shape index (κ2) is 5.28. The van der Waals surface area contributed by atoms with E-state index in [4.69, 9.17) is 0 Å². The third-order valence-electron chi connectivity index (χ3n) is 4.58. The third-order valence-corrected chi connectivity index (χ3v) is 4.58. The molecule has 0 aromatic heterocycles. The highest BCUT2D eigenvalue weighted by Crippen LogP contribution is 2.38. The van der Waals surface area contributed by atoms with Crippen LogP contribution in [0.5, 0.6) is 0 Å². The van der Waals surface area contributed by atoms with E-state index in [-0.39, 0.29) is 0 Å². The Labute approximate surface area is 122 Å². The number of rotatable bonds is 3. The number of fused-ring (bicyclic) bond motifs is 1. The molecule has 102 valence electrons. The maximum absolute atomic E-state index is 2.44. The van der Waals surface area contributed by atoms with E-state index in [1.165, 1.54) is 34.2 Å². The van der Waals surface area contributed by atoms with E-state index < -0.39 is 0 Å². The fraction of sp³-hybridized carbons (Fsp3) is 0.300.